The summed E-state index contributed by atoms with van der Waals surface area (Å²) in [4.78, 5) is 25.7. The standard InChI is InChI=1S/2C9H18O2S.2CH3.Sn/c2*1-2-3-4-5-8(6-7-12)9(10)11;;;/h2*8,12H,2-7H2,1H3,(H,10,11);2*1H3;/q;;;;+2/p-2. The second-order valence-electron chi connectivity index (χ2n) is 6.55. The van der Waals surface area contributed by atoms with E-state index in [0.717, 1.165) is 51.4 Å². The van der Waals surface area contributed by atoms with E-state index in [4.69, 9.17) is 0 Å². The molecule has 7 heteroatoms. The van der Waals surface area contributed by atoms with Crippen molar-refractivity contribution in [2.45, 2.75) is 87.9 Å². The summed E-state index contributed by atoms with van der Waals surface area (Å²) < 4.78 is 0. The van der Waals surface area contributed by atoms with Crippen LogP contribution in [0.15, 0.2) is 0 Å². The summed E-state index contributed by atoms with van der Waals surface area (Å²) in [6, 6.07) is 0. The van der Waals surface area contributed by atoms with Crippen LogP contribution in [0, 0.1) is 11.8 Å². The van der Waals surface area contributed by atoms with Crippen LogP contribution in [0.5, 0.6) is 0 Å². The molecule has 0 heterocycles. The Balaban J connectivity index is -0.000000372. The van der Waals surface area contributed by atoms with Gasteiger partial charge in [0.15, 0.2) is 0 Å². The molecule has 160 valence electrons. The summed E-state index contributed by atoms with van der Waals surface area (Å²) in [6.45, 7) is 4.21. The Bertz CT molecular complexity index is 301. The molecule has 0 amide bonds. The molecule has 0 aromatic carbocycles. The van der Waals surface area contributed by atoms with Gasteiger partial charge in [-0.1, -0.05) is 52.4 Å². The predicted octanol–water partition coefficient (Wildman–Crippen LogP) is 3.29. The van der Waals surface area contributed by atoms with Crippen molar-refractivity contribution in [2.75, 3.05) is 11.5 Å². The first-order chi connectivity index (χ1) is 12.9. The van der Waals surface area contributed by atoms with Crippen molar-refractivity contribution in [1.29, 1.82) is 0 Å². The molecule has 0 aromatic heterocycles. The second-order valence-corrected chi connectivity index (χ2v) is 10.3. The quantitative estimate of drug-likeness (QED) is 0.207. The number of carbonyl (C=O) groups excluding carboxylic acids is 2. The van der Waals surface area contributed by atoms with Gasteiger partial charge in [-0.2, -0.15) is 25.3 Å². The van der Waals surface area contributed by atoms with Gasteiger partial charge in [0.2, 0.25) is 0 Å². The van der Waals surface area contributed by atoms with Crippen LogP contribution in [0.4, 0.5) is 0 Å². The number of hydrogen-bond donors (Lipinski definition) is 2. The Morgan fingerprint density at radius 3 is 1.22 bits per heavy atom. The molecule has 0 aliphatic heterocycles. The SMILES string of the molecule is CCCCCC(CCS)C(=O)[O-].CCCCCC(CCS)C(=O)[O-].[CH3][Sn+2][CH3]. The average Bonchev–Trinajstić information content (AvgIpc) is 2.61. The zero-order valence-electron chi connectivity index (χ0n) is 17.7. The maximum absolute atomic E-state index is 10.5. The molecule has 0 saturated carbocycles. The monoisotopic (exact) mass is 528 g/mol. The number of carboxylic acid groups (broad SMARTS) is 2. The van der Waals surface area contributed by atoms with E-state index in [1.54, 1.807) is 0 Å². The molecule has 0 aliphatic rings. The van der Waals surface area contributed by atoms with Gasteiger partial charge in [-0.25, -0.2) is 0 Å². The Morgan fingerprint density at radius 2 is 1.04 bits per heavy atom. The normalized spacial score (nSPS) is 11.8. The number of unbranched alkanes of at least 4 members (excludes halogenated alkanes) is 4. The van der Waals surface area contributed by atoms with Crippen LogP contribution in [0.2, 0.25) is 9.88 Å². The first kappa shape index (κ1) is 32.1. The third-order valence-electron chi connectivity index (χ3n) is 3.93. The molecule has 0 aromatic rings. The Hall–Kier alpha value is 0.439. The molecule has 0 rings (SSSR count). The molecule has 27 heavy (non-hydrogen) atoms. The first-order valence-electron chi connectivity index (χ1n) is 10.1. The van der Waals surface area contributed by atoms with Gasteiger partial charge in [-0.15, -0.1) is 0 Å². The van der Waals surface area contributed by atoms with E-state index in [2.05, 4.69) is 49.0 Å². The van der Waals surface area contributed by atoms with Crippen LogP contribution in [0.3, 0.4) is 0 Å². The molecule has 0 fully saturated rings. The number of rotatable bonds is 14. The van der Waals surface area contributed by atoms with Crippen LogP contribution in [-0.2, 0) is 9.59 Å². The predicted molar refractivity (Wildman–Crippen MR) is 120 cm³/mol. The minimum absolute atomic E-state index is 0.230. The molecule has 0 saturated heterocycles. The van der Waals surface area contributed by atoms with Gasteiger partial charge in [-0.05, 0) is 49.0 Å². The van der Waals surface area contributed by atoms with E-state index in [0.29, 0.717) is 24.3 Å². The topological polar surface area (TPSA) is 80.3 Å². The van der Waals surface area contributed by atoms with Gasteiger partial charge in [0.25, 0.3) is 0 Å². The zero-order chi connectivity index (χ0) is 21.5. The number of carbonyl (C=O) groups is 2. The Morgan fingerprint density at radius 1 is 0.741 bits per heavy atom. The number of thiol groups is 2. The fourth-order valence-corrected chi connectivity index (χ4v) is 2.98. The fraction of sp³-hybridized carbons (Fsp3) is 0.900. The van der Waals surface area contributed by atoms with Gasteiger partial charge >= 0.3 is 31.0 Å². The first-order valence-corrected chi connectivity index (χ1v) is 17.0. The van der Waals surface area contributed by atoms with E-state index >= 15 is 0 Å². The van der Waals surface area contributed by atoms with Crippen molar-refractivity contribution in [3.8, 4) is 0 Å². The molecule has 2 unspecified atom stereocenters. The Labute approximate surface area is 188 Å². The number of hydrogen-bond acceptors (Lipinski definition) is 6. The molecule has 2 atom stereocenters. The van der Waals surface area contributed by atoms with Gasteiger partial charge in [0.05, 0.1) is 0 Å². The van der Waals surface area contributed by atoms with Crippen molar-refractivity contribution >= 4 is 58.3 Å². The van der Waals surface area contributed by atoms with Crippen LogP contribution in [0.25, 0.3) is 0 Å². The van der Waals surface area contributed by atoms with Crippen LogP contribution >= 0.6 is 25.3 Å². The van der Waals surface area contributed by atoms with Crippen molar-refractivity contribution in [2.24, 2.45) is 11.8 Å². The van der Waals surface area contributed by atoms with Crippen molar-refractivity contribution in [3.63, 3.8) is 0 Å². The molecule has 0 radical (unpaired) electrons. The summed E-state index contributed by atoms with van der Waals surface area (Å²) in [5, 5.41) is 21.1. The molecular formula is C20H40O4S2Sn. The molecule has 0 spiro atoms. The van der Waals surface area contributed by atoms with Crippen LogP contribution < -0.4 is 10.2 Å². The fourth-order valence-electron chi connectivity index (χ4n) is 2.35. The summed E-state index contributed by atoms with van der Waals surface area (Å²) in [7, 11) is 0. The van der Waals surface area contributed by atoms with E-state index in [9.17, 15) is 19.8 Å². The minimum atomic E-state index is -0.917. The van der Waals surface area contributed by atoms with Gasteiger partial charge in [-0.3, -0.25) is 0 Å². The summed E-state index contributed by atoms with van der Waals surface area (Å²) >= 11 is 8.25. The number of carboxylic acids is 2. The van der Waals surface area contributed by atoms with E-state index in [1.807, 2.05) is 0 Å². The van der Waals surface area contributed by atoms with E-state index in [1.165, 1.54) is 0 Å². The molecule has 0 N–H and O–H groups in total. The van der Waals surface area contributed by atoms with Crippen LogP contribution in [-0.4, -0.2) is 44.6 Å². The van der Waals surface area contributed by atoms with Gasteiger partial charge in [0, 0.05) is 11.9 Å². The van der Waals surface area contributed by atoms with Crippen molar-refractivity contribution in [3.05, 3.63) is 0 Å². The summed E-state index contributed by atoms with van der Waals surface area (Å²) in [5.41, 5.74) is 0. The second kappa shape index (κ2) is 26.4. The third-order valence-corrected chi connectivity index (χ3v) is 4.45. The van der Waals surface area contributed by atoms with Gasteiger partial charge in [0.1, 0.15) is 0 Å². The average molecular weight is 527 g/mol. The zero-order valence-corrected chi connectivity index (χ0v) is 22.3. The summed E-state index contributed by atoms with van der Waals surface area (Å²) in [5.74, 6) is -1.14. The van der Waals surface area contributed by atoms with E-state index < -0.39 is 11.9 Å². The Kier molecular flexibility index (Phi) is 31.4. The van der Waals surface area contributed by atoms with Crippen molar-refractivity contribution in [1.82, 2.24) is 0 Å². The van der Waals surface area contributed by atoms with Gasteiger partial charge < -0.3 is 19.8 Å². The molecule has 4 nitrogen and oxygen atoms in total. The molecule has 0 bridgehead atoms. The maximum atomic E-state index is 10.5. The summed E-state index contributed by atoms with van der Waals surface area (Å²) in [6.07, 6.45) is 9.21. The van der Waals surface area contributed by atoms with E-state index in [-0.39, 0.29) is 33.0 Å². The number of aliphatic carboxylic acids is 2. The third kappa shape index (κ3) is 26.4. The molecular weight excluding hydrogens is 487 g/mol. The van der Waals surface area contributed by atoms with Crippen molar-refractivity contribution < 1.29 is 19.8 Å². The molecule has 0 aliphatic carbocycles. The van der Waals surface area contributed by atoms with Crippen LogP contribution in [0.1, 0.15) is 78.1 Å².